The van der Waals surface area contributed by atoms with Gasteiger partial charge in [0.15, 0.2) is 0 Å². The minimum atomic E-state index is -1.26. The lowest BCUT2D eigenvalue weighted by Gasteiger charge is -2.40. The molecular formula is C37H47N3O5. The number of likely N-dealkylation sites (tertiary alicyclic amines) is 1. The van der Waals surface area contributed by atoms with Crippen LogP contribution < -0.4 is 4.90 Å². The first-order valence-corrected chi connectivity index (χ1v) is 16.1. The molecule has 3 aliphatic heterocycles. The van der Waals surface area contributed by atoms with Crippen LogP contribution in [-0.4, -0.2) is 76.1 Å². The molecule has 240 valence electrons. The van der Waals surface area contributed by atoms with Gasteiger partial charge < -0.3 is 24.5 Å². The van der Waals surface area contributed by atoms with Crippen molar-refractivity contribution in [2.24, 2.45) is 17.8 Å². The number of amides is 3. The monoisotopic (exact) mass is 613 g/mol. The molecule has 0 radical (unpaired) electrons. The zero-order valence-corrected chi connectivity index (χ0v) is 27.2. The number of hydrogen-bond donors (Lipinski definition) is 1. The lowest BCUT2D eigenvalue weighted by Crippen LogP contribution is -2.57. The lowest BCUT2D eigenvalue weighted by molar-refractivity contribution is -0.153. The summed E-state index contributed by atoms with van der Waals surface area (Å²) in [5.74, 6) is -2.57. The van der Waals surface area contributed by atoms with Gasteiger partial charge in [0.2, 0.25) is 11.8 Å². The number of fused-ring (bicyclic) bond motifs is 1. The van der Waals surface area contributed by atoms with Gasteiger partial charge in [0.25, 0.3) is 5.91 Å². The highest BCUT2D eigenvalue weighted by Gasteiger charge is 2.80. The first-order valence-electron chi connectivity index (χ1n) is 16.1. The predicted molar refractivity (Wildman–Crippen MR) is 175 cm³/mol. The smallest absolute Gasteiger partial charge is 0.253 e. The molecule has 8 heteroatoms. The van der Waals surface area contributed by atoms with E-state index in [-0.39, 0.29) is 30.2 Å². The Kier molecular flexibility index (Phi) is 9.11. The Labute approximate surface area is 267 Å². The van der Waals surface area contributed by atoms with Crippen LogP contribution in [0.2, 0.25) is 0 Å². The average Bonchev–Trinajstić information content (AvgIpc) is 3.54. The van der Waals surface area contributed by atoms with Crippen molar-refractivity contribution in [2.75, 3.05) is 31.1 Å². The van der Waals surface area contributed by atoms with E-state index in [4.69, 9.17) is 4.74 Å². The van der Waals surface area contributed by atoms with Gasteiger partial charge in [-0.05, 0) is 62.3 Å². The molecule has 3 unspecified atom stereocenters. The number of anilines is 1. The minimum absolute atomic E-state index is 0.101. The summed E-state index contributed by atoms with van der Waals surface area (Å²) < 4.78 is 7.02. The van der Waals surface area contributed by atoms with Crippen LogP contribution in [-0.2, 0) is 19.1 Å². The molecule has 5 rings (SSSR count). The van der Waals surface area contributed by atoms with Crippen molar-refractivity contribution in [3.05, 3.63) is 90.5 Å². The van der Waals surface area contributed by atoms with Crippen LogP contribution in [0.15, 0.2) is 73.8 Å². The zero-order valence-electron chi connectivity index (χ0n) is 27.2. The number of hydrogen-bond acceptors (Lipinski definition) is 5. The normalized spacial score (nSPS) is 28.9. The van der Waals surface area contributed by atoms with Crippen molar-refractivity contribution in [3.8, 4) is 0 Å². The number of aryl methyl sites for hydroxylation is 2. The van der Waals surface area contributed by atoms with E-state index in [9.17, 15) is 14.7 Å². The molecule has 7 atom stereocenters. The maximum absolute atomic E-state index is 15.2. The molecule has 3 fully saturated rings. The van der Waals surface area contributed by atoms with Crippen molar-refractivity contribution >= 4 is 23.4 Å². The number of carbonyl (C=O) groups is 3. The molecule has 3 aliphatic rings. The summed E-state index contributed by atoms with van der Waals surface area (Å²) in [5.41, 5.74) is 1.14. The molecule has 8 nitrogen and oxygen atoms in total. The first-order chi connectivity index (χ1) is 21.5. The van der Waals surface area contributed by atoms with Gasteiger partial charge in [-0.1, -0.05) is 68.5 Å². The number of carbonyl (C=O) groups excluding carboxylic acids is 3. The summed E-state index contributed by atoms with van der Waals surface area (Å²) in [6.07, 6.45) is 4.57. The molecular weight excluding hydrogens is 566 g/mol. The molecule has 2 aromatic rings. The fourth-order valence-electron chi connectivity index (χ4n) is 8.21. The highest BCUT2D eigenvalue weighted by atomic mass is 16.5. The standard InChI is InChI=1S/C37H47N3O5/c1-8-18-38(19-9-2)33(42)30-31-34(43)40(29(23-41)27-14-12-11-13-15-27)32(37(31)22-26(6)36(30,7)45-37)35(44)39(20-10-3)28-21-24(4)16-17-25(28)5/h8,10-17,21,26,29-32,41H,1,3,9,18-20,22-23H2,2,4-7H3/t26?,29-,30-,31+,32?,36+,37?/m1/s1. The second-order valence-corrected chi connectivity index (χ2v) is 13.2. The van der Waals surface area contributed by atoms with Crippen molar-refractivity contribution in [1.29, 1.82) is 0 Å². The van der Waals surface area contributed by atoms with Gasteiger partial charge >= 0.3 is 0 Å². The van der Waals surface area contributed by atoms with Crippen LogP contribution in [0.4, 0.5) is 5.69 Å². The molecule has 1 spiro atoms. The van der Waals surface area contributed by atoms with Gasteiger partial charge in [0, 0.05) is 25.3 Å². The SMILES string of the molecule is C=CCN(CCC)C(=O)[C@H]1[C@H]2C(=O)N([C@H](CO)c3ccccc3)C(C(=O)N(CC=C)c3cc(C)ccc3C)C23CC(C)[C@]1(C)O3. The molecule has 0 aromatic heterocycles. The number of rotatable bonds is 12. The Hall–Kier alpha value is -3.75. The topological polar surface area (TPSA) is 90.4 Å². The Morgan fingerprint density at radius 2 is 1.80 bits per heavy atom. The molecule has 0 saturated carbocycles. The van der Waals surface area contributed by atoms with Gasteiger partial charge in [-0.2, -0.15) is 0 Å². The summed E-state index contributed by atoms with van der Waals surface area (Å²) in [4.78, 5) is 49.5. The number of aliphatic hydroxyl groups is 1. The Balaban J connectivity index is 1.71. The minimum Gasteiger partial charge on any atom is -0.394 e. The predicted octanol–water partition coefficient (Wildman–Crippen LogP) is 4.99. The molecule has 3 saturated heterocycles. The van der Waals surface area contributed by atoms with E-state index in [0.29, 0.717) is 25.1 Å². The van der Waals surface area contributed by atoms with Crippen LogP contribution in [0, 0.1) is 31.6 Å². The highest BCUT2D eigenvalue weighted by molar-refractivity contribution is 6.05. The Bertz CT molecular complexity index is 1480. The lowest BCUT2D eigenvalue weighted by atomic mass is 9.62. The van der Waals surface area contributed by atoms with Crippen LogP contribution in [0.3, 0.4) is 0 Å². The van der Waals surface area contributed by atoms with E-state index < -0.39 is 41.7 Å². The second-order valence-electron chi connectivity index (χ2n) is 13.2. The second kappa shape index (κ2) is 12.6. The number of nitrogens with zero attached hydrogens (tertiary/aromatic N) is 3. The van der Waals surface area contributed by atoms with E-state index in [1.807, 2.05) is 83.1 Å². The number of aliphatic hydroxyl groups excluding tert-OH is 1. The zero-order chi connectivity index (χ0) is 32.7. The van der Waals surface area contributed by atoms with Crippen molar-refractivity contribution in [2.45, 2.75) is 70.7 Å². The van der Waals surface area contributed by atoms with Crippen molar-refractivity contribution in [1.82, 2.24) is 9.80 Å². The van der Waals surface area contributed by atoms with E-state index >= 15 is 4.79 Å². The summed E-state index contributed by atoms with van der Waals surface area (Å²) in [6.45, 7) is 18.4. The van der Waals surface area contributed by atoms with Crippen LogP contribution in [0.1, 0.15) is 56.3 Å². The van der Waals surface area contributed by atoms with Crippen molar-refractivity contribution in [3.63, 3.8) is 0 Å². The Morgan fingerprint density at radius 3 is 2.42 bits per heavy atom. The van der Waals surface area contributed by atoms with Crippen LogP contribution in [0.25, 0.3) is 0 Å². The largest absolute Gasteiger partial charge is 0.394 e. The number of ether oxygens (including phenoxy) is 1. The molecule has 0 aliphatic carbocycles. The highest BCUT2D eigenvalue weighted by Crippen LogP contribution is 2.66. The third kappa shape index (κ3) is 5.12. The molecule has 45 heavy (non-hydrogen) atoms. The van der Waals surface area contributed by atoms with Crippen molar-refractivity contribution < 1.29 is 24.2 Å². The first kappa shape index (κ1) is 32.6. The van der Waals surface area contributed by atoms with Gasteiger partial charge in [0.1, 0.15) is 11.6 Å². The van der Waals surface area contributed by atoms with E-state index in [2.05, 4.69) is 13.2 Å². The van der Waals surface area contributed by atoms with E-state index in [0.717, 1.165) is 23.2 Å². The summed E-state index contributed by atoms with van der Waals surface area (Å²) in [7, 11) is 0. The molecule has 2 bridgehead atoms. The maximum atomic E-state index is 15.2. The average molecular weight is 614 g/mol. The van der Waals surface area contributed by atoms with Gasteiger partial charge in [-0.25, -0.2) is 0 Å². The van der Waals surface area contributed by atoms with Gasteiger partial charge in [0.05, 0.1) is 30.1 Å². The maximum Gasteiger partial charge on any atom is 0.253 e. The van der Waals surface area contributed by atoms with Crippen LogP contribution >= 0.6 is 0 Å². The quantitative estimate of drug-likeness (QED) is 0.341. The third-order valence-corrected chi connectivity index (χ3v) is 10.3. The summed E-state index contributed by atoms with van der Waals surface area (Å²) in [5, 5.41) is 10.9. The van der Waals surface area contributed by atoms with Crippen LogP contribution in [0.5, 0.6) is 0 Å². The van der Waals surface area contributed by atoms with Gasteiger partial charge in [-0.3, -0.25) is 14.4 Å². The van der Waals surface area contributed by atoms with E-state index in [1.165, 1.54) is 0 Å². The molecule has 3 amide bonds. The van der Waals surface area contributed by atoms with Gasteiger partial charge in [-0.15, -0.1) is 13.2 Å². The number of benzene rings is 2. The fourth-order valence-corrected chi connectivity index (χ4v) is 8.21. The Morgan fingerprint density at radius 1 is 1.11 bits per heavy atom. The molecule has 3 heterocycles. The third-order valence-electron chi connectivity index (χ3n) is 10.3. The molecule has 1 N–H and O–H groups in total. The summed E-state index contributed by atoms with van der Waals surface area (Å²) in [6, 6.07) is 13.3. The molecule has 2 aromatic carbocycles. The van der Waals surface area contributed by atoms with E-state index in [1.54, 1.807) is 26.9 Å². The fraction of sp³-hybridized carbons (Fsp3) is 0.486. The summed E-state index contributed by atoms with van der Waals surface area (Å²) >= 11 is 0.